The van der Waals surface area contributed by atoms with E-state index in [0.717, 1.165) is 15.6 Å². The third-order valence-corrected chi connectivity index (χ3v) is 5.20. The normalized spacial score (nSPS) is 11.5. The summed E-state index contributed by atoms with van der Waals surface area (Å²) < 4.78 is 0.926. The van der Waals surface area contributed by atoms with Crippen molar-refractivity contribution in [3.63, 3.8) is 0 Å². The van der Waals surface area contributed by atoms with E-state index >= 15 is 0 Å². The fourth-order valence-corrected chi connectivity index (χ4v) is 3.48. The monoisotopic (exact) mass is 471 g/mol. The van der Waals surface area contributed by atoms with Crippen molar-refractivity contribution in [3.8, 4) is 0 Å². The number of nitrogens with one attached hydrogen (secondary N) is 1. The van der Waals surface area contributed by atoms with E-state index in [9.17, 15) is 9.59 Å². The number of carboxylic acids is 1. The third-order valence-electron chi connectivity index (χ3n) is 4.71. The summed E-state index contributed by atoms with van der Waals surface area (Å²) in [6.45, 7) is 9.67. The fraction of sp³-hybridized carbons (Fsp3) is 0.217. The van der Waals surface area contributed by atoms with Crippen LogP contribution in [0.15, 0.2) is 70.4 Å². The van der Waals surface area contributed by atoms with E-state index in [1.54, 1.807) is 19.9 Å². The molecular formula is C23H26BrN3O3. The molecule has 0 fully saturated rings. The van der Waals surface area contributed by atoms with Gasteiger partial charge in [-0.25, -0.2) is 5.84 Å². The van der Waals surface area contributed by atoms with Crippen LogP contribution in [0.5, 0.6) is 0 Å². The molecule has 6 nitrogen and oxygen atoms in total. The number of carbonyl (C=O) groups is 2. The van der Waals surface area contributed by atoms with Crippen molar-refractivity contribution in [2.45, 2.75) is 33.7 Å². The van der Waals surface area contributed by atoms with Crippen LogP contribution in [0, 0.1) is 6.92 Å². The molecule has 7 heteroatoms. The molecule has 1 amide bonds. The first-order chi connectivity index (χ1) is 14.1. The zero-order valence-corrected chi connectivity index (χ0v) is 18.9. The van der Waals surface area contributed by atoms with Gasteiger partial charge in [0.1, 0.15) is 0 Å². The number of nitrogens with zero attached hydrogens (tertiary/aromatic N) is 1. The van der Waals surface area contributed by atoms with E-state index in [1.165, 1.54) is 5.01 Å². The Morgan fingerprint density at radius 2 is 1.80 bits per heavy atom. The molecule has 2 rings (SSSR count). The van der Waals surface area contributed by atoms with E-state index in [0.29, 0.717) is 34.6 Å². The number of carbonyl (C=O) groups excluding carboxylic acids is 1. The summed E-state index contributed by atoms with van der Waals surface area (Å²) in [6.07, 6.45) is -0.130. The van der Waals surface area contributed by atoms with Gasteiger partial charge in [0.25, 0.3) is 5.91 Å². The molecule has 0 unspecified atom stereocenters. The largest absolute Gasteiger partial charge is 0.481 e. The van der Waals surface area contributed by atoms with Gasteiger partial charge in [0.05, 0.1) is 13.0 Å². The summed E-state index contributed by atoms with van der Waals surface area (Å²) in [5.41, 5.74) is 5.04. The highest BCUT2D eigenvalue weighted by Gasteiger charge is 2.13. The Morgan fingerprint density at radius 1 is 1.17 bits per heavy atom. The first kappa shape index (κ1) is 23.4. The van der Waals surface area contributed by atoms with Gasteiger partial charge in [-0.1, -0.05) is 40.2 Å². The number of aryl methyl sites for hydroxylation is 1. The van der Waals surface area contributed by atoms with Crippen LogP contribution in [0.25, 0.3) is 0 Å². The lowest BCUT2D eigenvalue weighted by Gasteiger charge is -2.23. The number of hydrogen-bond donors (Lipinski definition) is 3. The summed E-state index contributed by atoms with van der Waals surface area (Å²) in [5, 5.41) is 13.5. The summed E-state index contributed by atoms with van der Waals surface area (Å²) in [7, 11) is 0. The molecule has 0 saturated heterocycles. The molecule has 2 aromatic rings. The van der Waals surface area contributed by atoms with Crippen LogP contribution in [0.2, 0.25) is 0 Å². The zero-order valence-electron chi connectivity index (χ0n) is 17.3. The second-order valence-electron chi connectivity index (χ2n) is 7.15. The number of anilines is 1. The number of rotatable bonds is 8. The van der Waals surface area contributed by atoms with Crippen LogP contribution in [0.3, 0.4) is 0 Å². The predicted molar refractivity (Wildman–Crippen MR) is 123 cm³/mol. The molecule has 158 valence electrons. The van der Waals surface area contributed by atoms with Crippen LogP contribution < -0.4 is 11.2 Å². The lowest BCUT2D eigenvalue weighted by Crippen LogP contribution is -2.30. The third kappa shape index (κ3) is 6.30. The maximum atomic E-state index is 12.5. The maximum absolute atomic E-state index is 12.5. The molecule has 0 aliphatic carbocycles. The van der Waals surface area contributed by atoms with Gasteiger partial charge in [-0.2, -0.15) is 0 Å². The quantitative estimate of drug-likeness (QED) is 0.285. The van der Waals surface area contributed by atoms with Gasteiger partial charge in [0.2, 0.25) is 0 Å². The Balaban J connectivity index is 2.09. The number of nitrogens with two attached hydrogens (primary N) is 1. The number of amides is 1. The van der Waals surface area contributed by atoms with Crippen LogP contribution >= 0.6 is 15.9 Å². The first-order valence-electron chi connectivity index (χ1n) is 9.34. The number of carboxylic acid groups (broad SMARTS) is 1. The van der Waals surface area contributed by atoms with Gasteiger partial charge in [-0.05, 0) is 67.8 Å². The van der Waals surface area contributed by atoms with Gasteiger partial charge in [-0.3, -0.25) is 9.59 Å². The smallest absolute Gasteiger partial charge is 0.307 e. The van der Waals surface area contributed by atoms with Gasteiger partial charge in [0.15, 0.2) is 0 Å². The Kier molecular flexibility index (Phi) is 7.97. The van der Waals surface area contributed by atoms with E-state index in [4.69, 9.17) is 10.9 Å². The molecule has 0 aliphatic heterocycles. The second kappa shape index (κ2) is 10.2. The van der Waals surface area contributed by atoms with Crippen molar-refractivity contribution in [3.05, 3.63) is 87.0 Å². The van der Waals surface area contributed by atoms with Gasteiger partial charge >= 0.3 is 5.97 Å². The van der Waals surface area contributed by atoms with E-state index in [1.807, 2.05) is 43.3 Å². The van der Waals surface area contributed by atoms with Crippen molar-refractivity contribution in [2.75, 3.05) is 5.32 Å². The maximum Gasteiger partial charge on any atom is 0.307 e. The molecule has 0 heterocycles. The lowest BCUT2D eigenvalue weighted by atomic mass is 10.0. The summed E-state index contributed by atoms with van der Waals surface area (Å²) >= 11 is 3.40. The molecule has 0 atom stereocenters. The highest BCUT2D eigenvalue weighted by atomic mass is 79.9. The molecule has 4 N–H and O–H groups in total. The van der Waals surface area contributed by atoms with Gasteiger partial charge < -0.3 is 15.4 Å². The minimum absolute atomic E-state index is 0.130. The Labute approximate surface area is 185 Å². The minimum Gasteiger partial charge on any atom is -0.481 e. The van der Waals surface area contributed by atoms with Crippen LogP contribution in [0.1, 0.15) is 41.8 Å². The molecular weight excluding hydrogens is 446 g/mol. The standard InChI is InChI=1S/C23H26BrN3O3/c1-14(2)21(12-22(28)29)16(4)27(25)13-17-5-8-19(9-6-17)26-23(30)20-10-7-18(24)11-15(20)3/h5-11H,1,12-13,25H2,2-4H3,(H,26,30)(H,28,29)/b21-16-. The predicted octanol–water partition coefficient (Wildman–Crippen LogP) is 5.01. The van der Waals surface area contributed by atoms with Crippen LogP contribution in [-0.4, -0.2) is 22.0 Å². The van der Waals surface area contributed by atoms with Gasteiger partial charge in [-0.15, -0.1) is 0 Å². The van der Waals surface area contributed by atoms with Crippen LogP contribution in [0.4, 0.5) is 5.69 Å². The first-order valence-corrected chi connectivity index (χ1v) is 10.1. The Morgan fingerprint density at radius 3 is 2.33 bits per heavy atom. The molecule has 2 aromatic carbocycles. The summed E-state index contributed by atoms with van der Waals surface area (Å²) in [6, 6.07) is 12.9. The topological polar surface area (TPSA) is 95.7 Å². The van der Waals surface area contributed by atoms with Gasteiger partial charge in [0, 0.05) is 21.4 Å². The number of aliphatic carboxylic acids is 1. The highest BCUT2D eigenvalue weighted by molar-refractivity contribution is 9.10. The summed E-state index contributed by atoms with van der Waals surface area (Å²) in [4.78, 5) is 23.6. The molecule has 0 spiro atoms. The zero-order chi connectivity index (χ0) is 22.4. The lowest BCUT2D eigenvalue weighted by molar-refractivity contribution is -0.136. The minimum atomic E-state index is -0.929. The van der Waals surface area contributed by atoms with Crippen molar-refractivity contribution in [2.24, 2.45) is 5.84 Å². The molecule has 30 heavy (non-hydrogen) atoms. The van der Waals surface area contributed by atoms with E-state index in [2.05, 4.69) is 27.8 Å². The number of benzene rings is 2. The van der Waals surface area contributed by atoms with Crippen molar-refractivity contribution in [1.29, 1.82) is 0 Å². The fourth-order valence-electron chi connectivity index (χ4n) is 3.00. The van der Waals surface area contributed by atoms with Crippen LogP contribution in [-0.2, 0) is 11.3 Å². The molecule has 0 bridgehead atoms. The molecule has 0 radical (unpaired) electrons. The SMILES string of the molecule is C=C(C)/C(CC(=O)O)=C(/C)N(N)Cc1ccc(NC(=O)c2ccc(Br)cc2C)cc1. The van der Waals surface area contributed by atoms with Crippen molar-refractivity contribution >= 4 is 33.5 Å². The number of allylic oxidation sites excluding steroid dienone is 2. The molecule has 0 saturated carbocycles. The number of hydrogen-bond acceptors (Lipinski definition) is 4. The summed E-state index contributed by atoms with van der Waals surface area (Å²) in [5.74, 6) is 5.05. The second-order valence-corrected chi connectivity index (χ2v) is 8.07. The van der Waals surface area contributed by atoms with E-state index in [-0.39, 0.29) is 12.3 Å². The highest BCUT2D eigenvalue weighted by Crippen LogP contribution is 2.21. The number of halogens is 1. The average molecular weight is 472 g/mol. The van der Waals surface area contributed by atoms with Crippen molar-refractivity contribution in [1.82, 2.24) is 5.01 Å². The van der Waals surface area contributed by atoms with E-state index < -0.39 is 5.97 Å². The van der Waals surface area contributed by atoms with Crippen molar-refractivity contribution < 1.29 is 14.7 Å². The molecule has 0 aliphatic rings. The molecule has 0 aromatic heterocycles. The average Bonchev–Trinajstić information content (AvgIpc) is 2.66. The Bertz CT molecular complexity index is 997. The number of hydrazine groups is 1. The Hall–Kier alpha value is -2.90.